The van der Waals surface area contributed by atoms with Gasteiger partial charge in [0.1, 0.15) is 0 Å². The number of carbonyl (C=O) groups excluding carboxylic acids is 1. The van der Waals surface area contributed by atoms with Crippen molar-refractivity contribution >= 4 is 22.9 Å². The van der Waals surface area contributed by atoms with Gasteiger partial charge in [0.2, 0.25) is 0 Å². The number of hydrogen-bond acceptors (Lipinski definition) is 3. The highest BCUT2D eigenvalue weighted by Crippen LogP contribution is 2.28. The van der Waals surface area contributed by atoms with Gasteiger partial charge in [-0.1, -0.05) is 24.6 Å². The largest absolute Gasteiger partial charge is 0.385 e. The first-order chi connectivity index (χ1) is 11.3. The van der Waals surface area contributed by atoms with E-state index in [1.165, 1.54) is 29.7 Å². The molecule has 1 aliphatic rings. The monoisotopic (exact) mass is 328 g/mol. The van der Waals surface area contributed by atoms with Gasteiger partial charge in [0.05, 0.1) is 4.88 Å². The zero-order chi connectivity index (χ0) is 15.9. The Balaban J connectivity index is 1.41. The molecule has 0 atom stereocenters. The lowest BCUT2D eigenvalue weighted by atomic mass is 10.1. The summed E-state index contributed by atoms with van der Waals surface area (Å²) in [6.45, 7) is 1.58. The minimum absolute atomic E-state index is 0.0859. The van der Waals surface area contributed by atoms with Gasteiger partial charge < -0.3 is 10.6 Å². The first-order valence-corrected chi connectivity index (χ1v) is 9.33. The Morgan fingerprint density at radius 2 is 1.87 bits per heavy atom. The minimum Gasteiger partial charge on any atom is -0.385 e. The maximum Gasteiger partial charge on any atom is 0.261 e. The highest BCUT2D eigenvalue weighted by Gasteiger charge is 2.15. The van der Waals surface area contributed by atoms with Gasteiger partial charge >= 0.3 is 0 Å². The van der Waals surface area contributed by atoms with Gasteiger partial charge in [-0.05, 0) is 55.9 Å². The highest BCUT2D eigenvalue weighted by atomic mass is 32.1. The third-order valence-electron chi connectivity index (χ3n) is 4.21. The van der Waals surface area contributed by atoms with E-state index in [1.54, 1.807) is 11.3 Å². The van der Waals surface area contributed by atoms with E-state index < -0.39 is 0 Å². The van der Waals surface area contributed by atoms with Crippen LogP contribution in [0.4, 0.5) is 5.69 Å². The average molecular weight is 328 g/mol. The van der Waals surface area contributed by atoms with E-state index in [2.05, 4.69) is 28.8 Å². The lowest BCUT2D eigenvalue weighted by Gasteiger charge is -2.06. The molecule has 0 aliphatic heterocycles. The number of carbonyl (C=O) groups is 1. The molecule has 2 N–H and O–H groups in total. The van der Waals surface area contributed by atoms with Crippen LogP contribution < -0.4 is 10.6 Å². The summed E-state index contributed by atoms with van der Waals surface area (Å²) >= 11 is 1.69. The lowest BCUT2D eigenvalue weighted by molar-refractivity contribution is 0.0957. The van der Waals surface area contributed by atoms with Gasteiger partial charge in [-0.3, -0.25) is 4.79 Å². The van der Waals surface area contributed by atoms with Crippen LogP contribution in [0.15, 0.2) is 36.4 Å². The third-order valence-corrected chi connectivity index (χ3v) is 5.45. The zero-order valence-electron chi connectivity index (χ0n) is 13.4. The molecule has 23 heavy (non-hydrogen) atoms. The van der Waals surface area contributed by atoms with E-state index in [4.69, 9.17) is 0 Å². The van der Waals surface area contributed by atoms with E-state index in [0.29, 0.717) is 6.54 Å². The second kappa shape index (κ2) is 8.16. The zero-order valence-corrected chi connectivity index (χ0v) is 14.3. The van der Waals surface area contributed by atoms with E-state index in [9.17, 15) is 4.79 Å². The molecule has 0 spiro atoms. The van der Waals surface area contributed by atoms with Crippen molar-refractivity contribution in [3.8, 4) is 0 Å². The molecule has 1 aromatic carbocycles. The van der Waals surface area contributed by atoms with Crippen LogP contribution in [0.3, 0.4) is 0 Å². The third kappa shape index (κ3) is 4.58. The second-order valence-electron chi connectivity index (χ2n) is 6.02. The van der Waals surface area contributed by atoms with Crippen molar-refractivity contribution in [2.24, 2.45) is 0 Å². The average Bonchev–Trinajstić information content (AvgIpc) is 2.86. The molecular weight excluding hydrogens is 304 g/mol. The number of hydrogen-bond donors (Lipinski definition) is 2. The summed E-state index contributed by atoms with van der Waals surface area (Å²) in [5.74, 6) is 0.0859. The van der Waals surface area contributed by atoms with Gasteiger partial charge in [0, 0.05) is 23.7 Å². The molecular formula is C19H24N2OS. The van der Waals surface area contributed by atoms with Crippen LogP contribution in [0.1, 0.15) is 45.8 Å². The van der Waals surface area contributed by atoms with Crippen LogP contribution >= 0.6 is 11.3 Å². The molecule has 0 saturated heterocycles. The molecule has 3 rings (SSSR count). The Labute approximate surface area is 142 Å². The maximum absolute atomic E-state index is 12.3. The van der Waals surface area contributed by atoms with Crippen molar-refractivity contribution in [2.45, 2.75) is 38.5 Å². The SMILES string of the molecule is O=C(NCCCNc1ccccc1)c1cc2c(s1)CCCCC2. The van der Waals surface area contributed by atoms with Crippen LogP contribution in [-0.4, -0.2) is 19.0 Å². The summed E-state index contributed by atoms with van der Waals surface area (Å²) in [4.78, 5) is 14.6. The molecule has 0 saturated carbocycles. The second-order valence-corrected chi connectivity index (χ2v) is 7.16. The molecule has 3 nitrogen and oxygen atoms in total. The topological polar surface area (TPSA) is 41.1 Å². The number of benzene rings is 1. The van der Waals surface area contributed by atoms with E-state index in [1.807, 2.05) is 18.2 Å². The maximum atomic E-state index is 12.3. The fourth-order valence-electron chi connectivity index (χ4n) is 2.95. The number of fused-ring (bicyclic) bond motifs is 1. The Hall–Kier alpha value is -1.81. The quantitative estimate of drug-likeness (QED) is 0.615. The molecule has 1 aliphatic carbocycles. The summed E-state index contributed by atoms with van der Waals surface area (Å²) in [7, 11) is 0. The van der Waals surface area contributed by atoms with Crippen LogP contribution in [0.2, 0.25) is 0 Å². The number of anilines is 1. The summed E-state index contributed by atoms with van der Waals surface area (Å²) in [6, 6.07) is 12.3. The predicted molar refractivity (Wildman–Crippen MR) is 97.5 cm³/mol. The molecule has 1 amide bonds. The normalized spacial score (nSPS) is 13.9. The van der Waals surface area contributed by atoms with Gasteiger partial charge in [-0.25, -0.2) is 0 Å². The van der Waals surface area contributed by atoms with Crippen LogP contribution in [0.5, 0.6) is 0 Å². The van der Waals surface area contributed by atoms with Crippen LogP contribution in [0.25, 0.3) is 0 Å². The molecule has 0 fully saturated rings. The van der Waals surface area contributed by atoms with Crippen molar-refractivity contribution in [1.29, 1.82) is 0 Å². The van der Waals surface area contributed by atoms with Crippen molar-refractivity contribution in [1.82, 2.24) is 5.32 Å². The Morgan fingerprint density at radius 1 is 1.04 bits per heavy atom. The lowest BCUT2D eigenvalue weighted by Crippen LogP contribution is -2.25. The number of thiophene rings is 1. The summed E-state index contributed by atoms with van der Waals surface area (Å²) in [6.07, 6.45) is 7.05. The molecule has 0 radical (unpaired) electrons. The number of aryl methyl sites for hydroxylation is 2. The Kier molecular flexibility index (Phi) is 5.70. The number of rotatable bonds is 6. The number of amides is 1. The standard InChI is InChI=1S/C19H24N2OS/c22-19(18-14-15-8-3-1-6-11-17(15)23-18)21-13-7-12-20-16-9-4-2-5-10-16/h2,4-5,9-10,14,20H,1,3,6-8,11-13H2,(H,21,22). The molecule has 0 unspecified atom stereocenters. The van der Waals surface area contributed by atoms with Crippen molar-refractivity contribution in [3.63, 3.8) is 0 Å². The predicted octanol–water partition coefficient (Wildman–Crippen LogP) is 4.25. The fraction of sp³-hybridized carbons (Fsp3) is 0.421. The number of nitrogens with one attached hydrogen (secondary N) is 2. The molecule has 1 heterocycles. The first kappa shape index (κ1) is 16.1. The smallest absolute Gasteiger partial charge is 0.261 e. The number of para-hydroxylation sites is 1. The van der Waals surface area contributed by atoms with Crippen molar-refractivity contribution < 1.29 is 4.79 Å². The Morgan fingerprint density at radius 3 is 2.74 bits per heavy atom. The molecule has 2 aromatic rings. The summed E-state index contributed by atoms with van der Waals surface area (Å²) < 4.78 is 0. The van der Waals surface area contributed by atoms with Crippen LogP contribution in [-0.2, 0) is 12.8 Å². The van der Waals surface area contributed by atoms with Gasteiger partial charge in [-0.15, -0.1) is 11.3 Å². The summed E-state index contributed by atoms with van der Waals surface area (Å²) in [5.41, 5.74) is 2.53. The molecule has 4 heteroatoms. The summed E-state index contributed by atoms with van der Waals surface area (Å²) in [5, 5.41) is 6.40. The molecule has 122 valence electrons. The minimum atomic E-state index is 0.0859. The molecule has 1 aromatic heterocycles. The van der Waals surface area contributed by atoms with E-state index in [0.717, 1.165) is 36.4 Å². The van der Waals surface area contributed by atoms with Gasteiger partial charge in [0.15, 0.2) is 0 Å². The van der Waals surface area contributed by atoms with E-state index >= 15 is 0 Å². The highest BCUT2D eigenvalue weighted by molar-refractivity contribution is 7.14. The van der Waals surface area contributed by atoms with Crippen LogP contribution in [0, 0.1) is 0 Å². The van der Waals surface area contributed by atoms with Gasteiger partial charge in [0.25, 0.3) is 5.91 Å². The first-order valence-electron chi connectivity index (χ1n) is 8.51. The Bertz CT molecular complexity index is 613. The van der Waals surface area contributed by atoms with Crippen molar-refractivity contribution in [3.05, 3.63) is 51.7 Å². The molecule has 0 bridgehead atoms. The van der Waals surface area contributed by atoms with Crippen molar-refractivity contribution in [2.75, 3.05) is 18.4 Å². The van der Waals surface area contributed by atoms with E-state index in [-0.39, 0.29) is 5.91 Å². The fourth-order valence-corrected chi connectivity index (χ4v) is 4.12. The van der Waals surface area contributed by atoms with Gasteiger partial charge in [-0.2, -0.15) is 0 Å².